The molecule has 2 rings (SSSR count). The van der Waals surface area contributed by atoms with E-state index in [2.05, 4.69) is 21.9 Å². The first-order chi connectivity index (χ1) is 16.3. The summed E-state index contributed by atoms with van der Waals surface area (Å²) >= 11 is 0. The maximum atomic E-state index is 12.2. The van der Waals surface area contributed by atoms with Gasteiger partial charge >= 0.3 is 11.9 Å². The van der Waals surface area contributed by atoms with E-state index in [9.17, 15) is 9.59 Å². The van der Waals surface area contributed by atoms with Gasteiger partial charge in [0.15, 0.2) is 5.65 Å². The van der Waals surface area contributed by atoms with Crippen molar-refractivity contribution in [3.63, 3.8) is 0 Å². The number of fused-ring (bicyclic) bond motifs is 1. The molecule has 2 aromatic heterocycles. The van der Waals surface area contributed by atoms with E-state index >= 15 is 0 Å². The van der Waals surface area contributed by atoms with Gasteiger partial charge in [0.05, 0.1) is 25.7 Å². The summed E-state index contributed by atoms with van der Waals surface area (Å²) in [5.74, 6) is -0.521. The zero-order valence-electron chi connectivity index (χ0n) is 20.7. The van der Waals surface area contributed by atoms with E-state index in [0.717, 1.165) is 25.7 Å². The second-order valence-corrected chi connectivity index (χ2v) is 8.91. The molecule has 0 spiro atoms. The van der Waals surface area contributed by atoms with Gasteiger partial charge in [-0.15, -0.1) is 0 Å². The Hall–Kier alpha value is -2.75. The predicted octanol–water partition coefficient (Wildman–Crippen LogP) is 3.24. The summed E-state index contributed by atoms with van der Waals surface area (Å²) in [5.41, 5.74) is 12.9. The lowest BCUT2D eigenvalue weighted by atomic mass is 10.0. The van der Waals surface area contributed by atoms with Crippen molar-refractivity contribution in [1.82, 2.24) is 19.5 Å². The minimum atomic E-state index is -0.647. The molecule has 0 aliphatic rings. The number of imidazole rings is 1. The molecule has 0 aromatic carbocycles. The van der Waals surface area contributed by atoms with Crippen molar-refractivity contribution in [2.75, 3.05) is 18.9 Å². The summed E-state index contributed by atoms with van der Waals surface area (Å²) in [6.45, 7) is 6.94. The highest BCUT2D eigenvalue weighted by molar-refractivity contribution is 5.75. The summed E-state index contributed by atoms with van der Waals surface area (Å²) in [4.78, 5) is 37.0. The molecule has 10 heteroatoms. The molecule has 34 heavy (non-hydrogen) atoms. The Morgan fingerprint density at radius 1 is 1.12 bits per heavy atom. The van der Waals surface area contributed by atoms with Crippen LogP contribution in [0.25, 0.3) is 11.2 Å². The summed E-state index contributed by atoms with van der Waals surface area (Å²) in [6, 6.07) is -0.647. The van der Waals surface area contributed by atoms with E-state index in [1.54, 1.807) is 12.5 Å². The molecule has 0 radical (unpaired) electrons. The van der Waals surface area contributed by atoms with Crippen LogP contribution in [0.3, 0.4) is 0 Å². The quantitative estimate of drug-likeness (QED) is 0.275. The topological polar surface area (TPSA) is 148 Å². The molecule has 0 saturated carbocycles. The third kappa shape index (κ3) is 8.89. The van der Waals surface area contributed by atoms with Crippen LogP contribution < -0.4 is 11.5 Å². The number of carbonyl (C=O) groups excluding carboxylic acids is 2. The number of anilines is 1. The minimum Gasteiger partial charge on any atom is -0.465 e. The van der Waals surface area contributed by atoms with E-state index in [0.29, 0.717) is 30.6 Å². The van der Waals surface area contributed by atoms with Gasteiger partial charge in [-0.3, -0.25) is 9.59 Å². The van der Waals surface area contributed by atoms with Crippen LogP contribution in [-0.4, -0.2) is 50.7 Å². The molecular weight excluding hydrogens is 436 g/mol. The number of hydrogen-bond donors (Lipinski definition) is 2. The van der Waals surface area contributed by atoms with E-state index in [1.807, 2.05) is 18.4 Å². The van der Waals surface area contributed by atoms with Crippen LogP contribution in [0.2, 0.25) is 0 Å². The van der Waals surface area contributed by atoms with Crippen LogP contribution in [0.5, 0.6) is 0 Å². The van der Waals surface area contributed by atoms with Gasteiger partial charge in [-0.05, 0) is 18.8 Å². The molecule has 0 amide bonds. The van der Waals surface area contributed by atoms with Crippen molar-refractivity contribution in [2.45, 2.75) is 84.7 Å². The first-order valence-electron chi connectivity index (χ1n) is 12.4. The third-order valence-corrected chi connectivity index (χ3v) is 6.10. The average Bonchev–Trinajstić information content (AvgIpc) is 3.22. The number of carbonyl (C=O) groups is 2. The average molecular weight is 477 g/mol. The second kappa shape index (κ2) is 14.5. The van der Waals surface area contributed by atoms with E-state index < -0.39 is 12.0 Å². The molecular formula is C24H40N6O4. The summed E-state index contributed by atoms with van der Waals surface area (Å²) in [5, 5.41) is 0. The highest BCUT2D eigenvalue weighted by atomic mass is 16.5. The summed E-state index contributed by atoms with van der Waals surface area (Å²) < 4.78 is 12.8. The molecule has 0 bridgehead atoms. The Kier molecular flexibility index (Phi) is 11.7. The molecule has 1 unspecified atom stereocenters. The molecule has 10 nitrogen and oxygen atoms in total. The highest BCUT2D eigenvalue weighted by Gasteiger charge is 2.22. The maximum absolute atomic E-state index is 12.2. The summed E-state index contributed by atoms with van der Waals surface area (Å²) in [7, 11) is 0. The van der Waals surface area contributed by atoms with Crippen molar-refractivity contribution in [1.29, 1.82) is 0 Å². The zero-order valence-corrected chi connectivity index (χ0v) is 20.7. The largest absolute Gasteiger partial charge is 0.465 e. The Morgan fingerprint density at radius 2 is 1.88 bits per heavy atom. The lowest BCUT2D eigenvalue weighted by Gasteiger charge is -2.20. The fraction of sp³-hybridized carbons (Fsp3) is 0.708. The maximum Gasteiger partial charge on any atom is 0.323 e. The highest BCUT2D eigenvalue weighted by Crippen LogP contribution is 2.16. The van der Waals surface area contributed by atoms with Crippen molar-refractivity contribution >= 4 is 29.1 Å². The van der Waals surface area contributed by atoms with Crippen LogP contribution in [0.15, 0.2) is 12.5 Å². The molecule has 3 atom stereocenters. The monoisotopic (exact) mass is 476 g/mol. The van der Waals surface area contributed by atoms with Gasteiger partial charge in [0, 0.05) is 18.9 Å². The number of esters is 2. The minimum absolute atomic E-state index is 0.0454. The van der Waals surface area contributed by atoms with Gasteiger partial charge in [0.25, 0.3) is 0 Å². The van der Waals surface area contributed by atoms with E-state index in [4.69, 9.17) is 20.9 Å². The fourth-order valence-electron chi connectivity index (χ4n) is 3.57. The van der Waals surface area contributed by atoms with E-state index in [-0.39, 0.29) is 37.0 Å². The standard InChI is InChI=1S/C24H40N6O4/c1-4-6-7-8-9-10-20(31)34-15-18(11-12-33-23(32)21(25)17(3)5-2)14-30-16-28-19-13-27-24(26)29-22(19)30/h13,16-18,21H,4-12,14-15,25H2,1-3H3,(H2,26,27,29)/t17-,18?,21-/m0/s1. The Balaban J connectivity index is 1.95. The Labute approximate surface area is 201 Å². The molecule has 2 heterocycles. The lowest BCUT2D eigenvalue weighted by molar-refractivity contribution is -0.149. The van der Waals surface area contributed by atoms with Gasteiger partial charge < -0.3 is 25.5 Å². The van der Waals surface area contributed by atoms with E-state index in [1.165, 1.54) is 12.8 Å². The zero-order chi connectivity index (χ0) is 24.9. The first-order valence-corrected chi connectivity index (χ1v) is 12.4. The number of nitrogens with zero attached hydrogens (tertiary/aromatic N) is 4. The van der Waals surface area contributed by atoms with Gasteiger partial charge in [-0.2, -0.15) is 4.98 Å². The van der Waals surface area contributed by atoms with Crippen molar-refractivity contribution in [3.8, 4) is 0 Å². The number of nitrogens with two attached hydrogens (primary N) is 2. The van der Waals surface area contributed by atoms with Crippen molar-refractivity contribution < 1.29 is 19.1 Å². The van der Waals surface area contributed by atoms with Crippen LogP contribution in [0.1, 0.15) is 72.1 Å². The van der Waals surface area contributed by atoms with Crippen LogP contribution in [0, 0.1) is 11.8 Å². The number of hydrogen-bond acceptors (Lipinski definition) is 9. The SMILES string of the molecule is CCCCCCCC(=O)OCC(CCOC(=O)[C@@H](N)[C@@H](C)CC)Cn1cnc2cnc(N)nc21. The molecule has 2 aromatic rings. The van der Waals surface area contributed by atoms with Gasteiger partial charge in [0.2, 0.25) is 5.95 Å². The normalized spacial score (nSPS) is 14.0. The molecule has 0 aliphatic heterocycles. The smallest absolute Gasteiger partial charge is 0.323 e. The Bertz CT molecular complexity index is 903. The predicted molar refractivity (Wildman–Crippen MR) is 131 cm³/mol. The third-order valence-electron chi connectivity index (χ3n) is 6.10. The number of ether oxygens (including phenoxy) is 2. The fourth-order valence-corrected chi connectivity index (χ4v) is 3.57. The number of nitrogen functional groups attached to an aromatic ring is 1. The van der Waals surface area contributed by atoms with Crippen molar-refractivity contribution in [3.05, 3.63) is 12.5 Å². The lowest BCUT2D eigenvalue weighted by Crippen LogP contribution is -2.38. The van der Waals surface area contributed by atoms with Crippen LogP contribution in [-0.2, 0) is 25.6 Å². The number of rotatable bonds is 16. The number of aromatic nitrogens is 4. The van der Waals surface area contributed by atoms with Gasteiger partial charge in [0.1, 0.15) is 11.6 Å². The second-order valence-electron chi connectivity index (χ2n) is 8.91. The Morgan fingerprint density at radius 3 is 2.62 bits per heavy atom. The van der Waals surface area contributed by atoms with Gasteiger partial charge in [-0.25, -0.2) is 9.97 Å². The first kappa shape index (κ1) is 27.5. The molecule has 0 fully saturated rings. The molecule has 4 N–H and O–H groups in total. The van der Waals surface area contributed by atoms with Gasteiger partial charge in [-0.1, -0.05) is 52.9 Å². The molecule has 0 aliphatic carbocycles. The molecule has 190 valence electrons. The molecule has 0 saturated heterocycles. The van der Waals surface area contributed by atoms with Crippen LogP contribution in [0.4, 0.5) is 5.95 Å². The number of unbranched alkanes of at least 4 members (excludes halogenated alkanes) is 4. The van der Waals surface area contributed by atoms with Crippen LogP contribution >= 0.6 is 0 Å². The van der Waals surface area contributed by atoms with Crippen molar-refractivity contribution in [2.24, 2.45) is 17.6 Å². The summed E-state index contributed by atoms with van der Waals surface area (Å²) in [6.07, 6.45) is 10.3.